The zero-order valence-electron chi connectivity index (χ0n) is 13.6. The van der Waals surface area contributed by atoms with Crippen LogP contribution in [0.1, 0.15) is 45.3 Å². The molecule has 7 heteroatoms. The number of nitrogens with one attached hydrogen (secondary N) is 1. The highest BCUT2D eigenvalue weighted by Gasteiger charge is 2.25. The number of anilines is 1. The number of urea groups is 1. The molecule has 2 amide bonds. The summed E-state index contributed by atoms with van der Waals surface area (Å²) in [7, 11) is 0. The van der Waals surface area contributed by atoms with E-state index in [-0.39, 0.29) is 17.8 Å². The summed E-state index contributed by atoms with van der Waals surface area (Å²) in [5.74, 6) is -1.04. The van der Waals surface area contributed by atoms with E-state index < -0.39 is 5.97 Å². The van der Waals surface area contributed by atoms with E-state index in [9.17, 15) is 9.59 Å². The number of fused-ring (bicyclic) bond motifs is 1. The predicted molar refractivity (Wildman–Crippen MR) is 92.9 cm³/mol. The van der Waals surface area contributed by atoms with Crippen LogP contribution in [-0.4, -0.2) is 28.6 Å². The molecular formula is C17H19N3O3S. The SMILES string of the molecule is Cc1sc(C(C)NC(=O)N2CCCc3ccccc32)nc1C(=O)O. The molecule has 0 saturated heterocycles. The molecule has 0 saturated carbocycles. The van der Waals surface area contributed by atoms with Gasteiger partial charge < -0.3 is 10.4 Å². The van der Waals surface area contributed by atoms with Gasteiger partial charge in [-0.05, 0) is 38.3 Å². The molecule has 0 spiro atoms. The minimum atomic E-state index is -1.04. The third-order valence-electron chi connectivity index (χ3n) is 4.08. The van der Waals surface area contributed by atoms with Crippen molar-refractivity contribution in [3.63, 3.8) is 0 Å². The minimum Gasteiger partial charge on any atom is -0.476 e. The number of carbonyl (C=O) groups is 2. The molecule has 2 N–H and O–H groups in total. The van der Waals surface area contributed by atoms with E-state index in [1.165, 1.54) is 16.9 Å². The van der Waals surface area contributed by atoms with E-state index in [4.69, 9.17) is 5.11 Å². The molecule has 1 unspecified atom stereocenters. The summed E-state index contributed by atoms with van der Waals surface area (Å²) >= 11 is 1.30. The van der Waals surface area contributed by atoms with E-state index in [2.05, 4.69) is 10.3 Å². The van der Waals surface area contributed by atoms with Crippen LogP contribution in [0.2, 0.25) is 0 Å². The molecule has 2 heterocycles. The Hall–Kier alpha value is -2.41. The van der Waals surface area contributed by atoms with E-state index >= 15 is 0 Å². The molecule has 0 radical (unpaired) electrons. The monoisotopic (exact) mass is 345 g/mol. The van der Waals surface area contributed by atoms with Gasteiger partial charge in [0.15, 0.2) is 5.69 Å². The minimum absolute atomic E-state index is 0.0550. The lowest BCUT2D eigenvalue weighted by atomic mass is 10.0. The van der Waals surface area contributed by atoms with Crippen LogP contribution in [0, 0.1) is 6.92 Å². The summed E-state index contributed by atoms with van der Waals surface area (Å²) < 4.78 is 0. The Morgan fingerprint density at radius 2 is 2.12 bits per heavy atom. The zero-order chi connectivity index (χ0) is 17.3. The average Bonchev–Trinajstić information content (AvgIpc) is 2.96. The van der Waals surface area contributed by atoms with Crippen LogP contribution in [0.3, 0.4) is 0 Å². The van der Waals surface area contributed by atoms with Crippen LogP contribution < -0.4 is 10.2 Å². The number of benzene rings is 1. The van der Waals surface area contributed by atoms with Gasteiger partial charge in [0.05, 0.1) is 6.04 Å². The van der Waals surface area contributed by atoms with Gasteiger partial charge in [0.2, 0.25) is 0 Å². The smallest absolute Gasteiger partial charge is 0.355 e. The third kappa shape index (κ3) is 3.12. The van der Waals surface area contributed by atoms with Gasteiger partial charge in [0.25, 0.3) is 0 Å². The lowest BCUT2D eigenvalue weighted by Gasteiger charge is -2.30. The predicted octanol–water partition coefficient (Wildman–Crippen LogP) is 3.37. The summed E-state index contributed by atoms with van der Waals surface area (Å²) in [6.45, 7) is 4.21. The Balaban J connectivity index is 1.76. The van der Waals surface area contributed by atoms with E-state index in [0.29, 0.717) is 16.4 Å². The van der Waals surface area contributed by atoms with Crippen molar-refractivity contribution in [1.29, 1.82) is 0 Å². The highest BCUT2D eigenvalue weighted by Crippen LogP contribution is 2.28. The van der Waals surface area contributed by atoms with Gasteiger partial charge in [0, 0.05) is 17.1 Å². The van der Waals surface area contributed by atoms with Gasteiger partial charge in [0.1, 0.15) is 5.01 Å². The number of nitrogens with zero attached hydrogens (tertiary/aromatic N) is 2. The number of rotatable bonds is 3. The second-order valence-corrected chi connectivity index (χ2v) is 7.05. The maximum atomic E-state index is 12.6. The Morgan fingerprint density at radius 3 is 2.83 bits per heavy atom. The van der Waals surface area contributed by atoms with Crippen molar-refractivity contribution < 1.29 is 14.7 Å². The van der Waals surface area contributed by atoms with Gasteiger partial charge in [-0.25, -0.2) is 14.6 Å². The van der Waals surface area contributed by atoms with Crippen LogP contribution in [0.5, 0.6) is 0 Å². The molecule has 126 valence electrons. The Bertz CT molecular complexity index is 787. The van der Waals surface area contributed by atoms with Crippen LogP contribution in [0.25, 0.3) is 0 Å². The molecule has 6 nitrogen and oxygen atoms in total. The quantitative estimate of drug-likeness (QED) is 0.893. The van der Waals surface area contributed by atoms with Gasteiger partial charge in [-0.3, -0.25) is 4.90 Å². The summed E-state index contributed by atoms with van der Waals surface area (Å²) in [5, 5.41) is 12.6. The van der Waals surface area contributed by atoms with Crippen LogP contribution in [-0.2, 0) is 6.42 Å². The van der Waals surface area contributed by atoms with E-state index in [1.54, 1.807) is 11.8 Å². The molecule has 1 aromatic carbocycles. The number of aryl methyl sites for hydroxylation is 2. The molecule has 1 aromatic heterocycles. The van der Waals surface area contributed by atoms with E-state index in [1.807, 2.05) is 31.2 Å². The molecule has 1 aliphatic rings. The first-order valence-corrected chi connectivity index (χ1v) is 8.65. The lowest BCUT2D eigenvalue weighted by Crippen LogP contribution is -2.43. The number of carboxylic acids is 1. The normalized spacial score (nSPS) is 14.8. The van der Waals surface area contributed by atoms with Crippen molar-refractivity contribution in [3.8, 4) is 0 Å². The zero-order valence-corrected chi connectivity index (χ0v) is 14.4. The van der Waals surface area contributed by atoms with Crippen molar-refractivity contribution in [2.75, 3.05) is 11.4 Å². The molecule has 2 aromatic rings. The highest BCUT2D eigenvalue weighted by atomic mass is 32.1. The fraction of sp³-hybridized carbons (Fsp3) is 0.353. The second kappa shape index (κ2) is 6.60. The number of hydrogen-bond acceptors (Lipinski definition) is 4. The fourth-order valence-corrected chi connectivity index (χ4v) is 3.79. The average molecular weight is 345 g/mol. The van der Waals surface area contributed by atoms with E-state index in [0.717, 1.165) is 18.5 Å². The molecule has 3 rings (SSSR count). The standard InChI is InChI=1S/C17H19N3O3S/c1-10(15-19-14(16(21)22)11(2)24-15)18-17(23)20-9-5-7-12-6-3-4-8-13(12)20/h3-4,6,8,10H,5,7,9H2,1-2H3,(H,18,23)(H,21,22). The Labute approximate surface area is 144 Å². The van der Waals surface area contributed by atoms with Gasteiger partial charge in [-0.2, -0.15) is 0 Å². The maximum absolute atomic E-state index is 12.6. The molecular weight excluding hydrogens is 326 g/mol. The topological polar surface area (TPSA) is 82.5 Å². The lowest BCUT2D eigenvalue weighted by molar-refractivity contribution is 0.0690. The highest BCUT2D eigenvalue weighted by molar-refractivity contribution is 7.11. The van der Waals surface area contributed by atoms with Crippen LogP contribution in [0.4, 0.5) is 10.5 Å². The summed E-state index contributed by atoms with van der Waals surface area (Å²) in [5.41, 5.74) is 2.17. The molecule has 1 aliphatic heterocycles. The molecule has 0 fully saturated rings. The Morgan fingerprint density at radius 1 is 1.38 bits per heavy atom. The molecule has 0 bridgehead atoms. The van der Waals surface area contributed by atoms with Crippen molar-refractivity contribution in [2.45, 2.75) is 32.7 Å². The summed E-state index contributed by atoms with van der Waals surface area (Å²) in [6, 6.07) is 7.38. The number of thiazole rings is 1. The van der Waals surface area contributed by atoms with Crippen LogP contribution in [0.15, 0.2) is 24.3 Å². The molecule has 1 atom stereocenters. The first-order chi connectivity index (χ1) is 11.5. The van der Waals surface area contributed by atoms with Gasteiger partial charge >= 0.3 is 12.0 Å². The number of para-hydroxylation sites is 1. The second-order valence-electron chi connectivity index (χ2n) is 5.82. The van der Waals surface area contributed by atoms with Crippen molar-refractivity contribution >= 4 is 29.0 Å². The molecule has 24 heavy (non-hydrogen) atoms. The summed E-state index contributed by atoms with van der Waals surface area (Å²) in [4.78, 5) is 30.3. The largest absolute Gasteiger partial charge is 0.476 e. The number of carbonyl (C=O) groups excluding carboxylic acids is 1. The Kier molecular flexibility index (Phi) is 4.53. The third-order valence-corrected chi connectivity index (χ3v) is 5.24. The van der Waals surface area contributed by atoms with Crippen molar-refractivity contribution in [3.05, 3.63) is 45.4 Å². The summed E-state index contributed by atoms with van der Waals surface area (Å²) in [6.07, 6.45) is 1.90. The number of hydrogen-bond donors (Lipinski definition) is 2. The van der Waals surface area contributed by atoms with Crippen LogP contribution >= 0.6 is 11.3 Å². The van der Waals surface area contributed by atoms with Crippen molar-refractivity contribution in [1.82, 2.24) is 10.3 Å². The number of aromatic nitrogens is 1. The van der Waals surface area contributed by atoms with Gasteiger partial charge in [-0.15, -0.1) is 11.3 Å². The first kappa shape index (κ1) is 16.4. The fourth-order valence-electron chi connectivity index (χ4n) is 2.87. The van der Waals surface area contributed by atoms with Crippen molar-refractivity contribution in [2.24, 2.45) is 0 Å². The maximum Gasteiger partial charge on any atom is 0.355 e. The number of carboxylic acid groups (broad SMARTS) is 1. The van der Waals surface area contributed by atoms with Gasteiger partial charge in [-0.1, -0.05) is 18.2 Å². The first-order valence-electron chi connectivity index (χ1n) is 7.84. The molecule has 0 aliphatic carbocycles. The number of amides is 2. The number of aromatic carboxylic acids is 1.